The minimum Gasteiger partial charge on any atom is -0.492 e. The van der Waals surface area contributed by atoms with Gasteiger partial charge in [-0.3, -0.25) is 9.78 Å². The maximum absolute atomic E-state index is 14.0. The van der Waals surface area contributed by atoms with Gasteiger partial charge in [-0.2, -0.15) is 5.26 Å². The van der Waals surface area contributed by atoms with Gasteiger partial charge in [0.15, 0.2) is 0 Å². The van der Waals surface area contributed by atoms with Gasteiger partial charge < -0.3 is 25.0 Å². The topological polar surface area (TPSA) is 99.5 Å². The zero-order chi connectivity index (χ0) is 30.2. The monoisotopic (exact) mass is 591 g/mol. The Balaban J connectivity index is 1.63. The van der Waals surface area contributed by atoms with Gasteiger partial charge in [0.1, 0.15) is 35.8 Å². The fourth-order valence-electron chi connectivity index (χ4n) is 3.99. The summed E-state index contributed by atoms with van der Waals surface area (Å²) in [5, 5.41) is 16.7. The number of aromatic nitrogens is 1. The normalized spacial score (nSPS) is 11.1. The Morgan fingerprint density at radius 3 is 2.62 bits per heavy atom. The van der Waals surface area contributed by atoms with Crippen LogP contribution in [0.15, 0.2) is 66.9 Å². The zero-order valence-electron chi connectivity index (χ0n) is 23.2. The molecule has 0 aliphatic rings. The van der Waals surface area contributed by atoms with Gasteiger partial charge in [-0.1, -0.05) is 17.7 Å². The average molecular weight is 592 g/mol. The number of hydrogen-bond donors (Lipinski definition) is 2. The van der Waals surface area contributed by atoms with Crippen molar-refractivity contribution in [2.75, 3.05) is 37.9 Å². The van der Waals surface area contributed by atoms with Gasteiger partial charge in [-0.15, -0.1) is 0 Å². The average Bonchev–Trinajstić information content (AvgIpc) is 2.94. The highest BCUT2D eigenvalue weighted by Crippen LogP contribution is 2.37. The molecule has 1 heterocycles. The number of likely N-dealkylation sites (N-methyl/N-ethyl adjacent to an activating group) is 1. The number of amides is 1. The van der Waals surface area contributed by atoms with Crippen LogP contribution in [0.4, 0.5) is 25.8 Å². The standard InChI is InChI=1S/C31H28ClF2N5O3/c1-4-41-29-15-26-23(14-27(29)38-30(40)6-5-11-39(2)3)31(20(16-35)17-36-26)37-22-9-10-28(24(32)13-22)42-18-19-7-8-21(33)12-25(19)34/h5-10,12-15,17H,4,11,18H2,1-3H3,(H,36,37)(H,38,40). The van der Waals surface area contributed by atoms with Crippen molar-refractivity contribution in [2.45, 2.75) is 13.5 Å². The van der Waals surface area contributed by atoms with E-state index in [0.717, 1.165) is 12.1 Å². The molecule has 0 bridgehead atoms. The number of nitrogens with zero attached hydrogens (tertiary/aromatic N) is 3. The molecule has 0 aliphatic heterocycles. The van der Waals surface area contributed by atoms with Crippen LogP contribution in [-0.2, 0) is 11.4 Å². The first-order valence-corrected chi connectivity index (χ1v) is 13.3. The highest BCUT2D eigenvalue weighted by Gasteiger charge is 2.16. The number of nitriles is 1. The van der Waals surface area contributed by atoms with E-state index < -0.39 is 11.6 Å². The Morgan fingerprint density at radius 2 is 1.93 bits per heavy atom. The Morgan fingerprint density at radius 1 is 1.12 bits per heavy atom. The van der Waals surface area contributed by atoms with Crippen molar-refractivity contribution in [3.05, 3.63) is 94.7 Å². The minimum atomic E-state index is -0.717. The number of carbonyl (C=O) groups excluding carboxylic acids is 1. The van der Waals surface area contributed by atoms with E-state index in [-0.39, 0.29) is 28.7 Å². The number of halogens is 3. The Hall–Kier alpha value is -4.72. The van der Waals surface area contributed by atoms with E-state index in [1.165, 1.54) is 18.3 Å². The van der Waals surface area contributed by atoms with Crippen LogP contribution in [-0.4, -0.2) is 43.0 Å². The van der Waals surface area contributed by atoms with Crippen LogP contribution in [0.25, 0.3) is 10.9 Å². The number of nitrogens with one attached hydrogen (secondary N) is 2. The summed E-state index contributed by atoms with van der Waals surface area (Å²) in [5.74, 6) is -1.00. The van der Waals surface area contributed by atoms with Crippen molar-refractivity contribution in [1.29, 1.82) is 5.26 Å². The number of fused-ring (bicyclic) bond motifs is 1. The lowest BCUT2D eigenvalue weighted by atomic mass is 10.1. The molecule has 216 valence electrons. The van der Waals surface area contributed by atoms with Crippen LogP contribution in [0.5, 0.6) is 11.5 Å². The van der Waals surface area contributed by atoms with Crippen LogP contribution in [0.2, 0.25) is 5.02 Å². The third-order valence-corrected chi connectivity index (χ3v) is 6.28. The summed E-state index contributed by atoms with van der Waals surface area (Å²) in [6, 6.07) is 13.7. The molecule has 3 aromatic carbocycles. The maximum atomic E-state index is 14.0. The molecule has 1 aromatic heterocycles. The van der Waals surface area contributed by atoms with E-state index in [2.05, 4.69) is 21.7 Å². The molecule has 0 radical (unpaired) electrons. The van der Waals surface area contributed by atoms with Gasteiger partial charge in [-0.25, -0.2) is 8.78 Å². The van der Waals surface area contributed by atoms with Gasteiger partial charge in [0, 0.05) is 47.6 Å². The fourth-order valence-corrected chi connectivity index (χ4v) is 4.23. The molecule has 4 rings (SSSR count). The molecule has 0 unspecified atom stereocenters. The van der Waals surface area contributed by atoms with Crippen LogP contribution < -0.4 is 20.1 Å². The predicted octanol–water partition coefficient (Wildman–Crippen LogP) is 6.82. The largest absolute Gasteiger partial charge is 0.492 e. The third-order valence-electron chi connectivity index (χ3n) is 5.99. The predicted molar refractivity (Wildman–Crippen MR) is 159 cm³/mol. The van der Waals surface area contributed by atoms with E-state index >= 15 is 0 Å². The molecule has 0 fully saturated rings. The number of rotatable bonds is 11. The Labute approximate surface area is 247 Å². The zero-order valence-corrected chi connectivity index (χ0v) is 23.9. The quantitative estimate of drug-likeness (QED) is 0.185. The molecule has 1 amide bonds. The van der Waals surface area contributed by atoms with Gasteiger partial charge in [0.05, 0.1) is 34.1 Å². The molecule has 42 heavy (non-hydrogen) atoms. The molecule has 0 spiro atoms. The smallest absolute Gasteiger partial charge is 0.248 e. The summed E-state index contributed by atoms with van der Waals surface area (Å²) in [6.07, 6.45) is 4.63. The van der Waals surface area contributed by atoms with E-state index in [1.54, 1.807) is 36.4 Å². The number of anilines is 3. The summed E-state index contributed by atoms with van der Waals surface area (Å²) >= 11 is 6.45. The number of carbonyl (C=O) groups is 1. The molecule has 0 atom stereocenters. The van der Waals surface area contributed by atoms with Crippen LogP contribution in [0.3, 0.4) is 0 Å². The van der Waals surface area contributed by atoms with Gasteiger partial charge in [0.2, 0.25) is 5.91 Å². The summed E-state index contributed by atoms with van der Waals surface area (Å²) in [6.45, 7) is 2.65. The first-order valence-electron chi connectivity index (χ1n) is 12.9. The second-order valence-corrected chi connectivity index (χ2v) is 9.81. The first-order chi connectivity index (χ1) is 20.2. The van der Waals surface area contributed by atoms with E-state index in [4.69, 9.17) is 21.1 Å². The molecule has 2 N–H and O–H groups in total. The van der Waals surface area contributed by atoms with E-state index in [1.807, 2.05) is 25.9 Å². The molecule has 0 saturated carbocycles. The van der Waals surface area contributed by atoms with Crippen LogP contribution in [0.1, 0.15) is 18.1 Å². The summed E-state index contributed by atoms with van der Waals surface area (Å²) in [7, 11) is 3.80. The molecule has 0 saturated heterocycles. The SMILES string of the molecule is CCOc1cc2ncc(C#N)c(Nc3ccc(OCc4ccc(F)cc4F)c(Cl)c3)c2cc1NC(=O)C=CCN(C)C. The minimum absolute atomic E-state index is 0.146. The fraction of sp³-hybridized carbons (Fsp3) is 0.194. The van der Waals surface area contributed by atoms with Gasteiger partial charge in [-0.05, 0) is 57.4 Å². The second kappa shape index (κ2) is 13.8. The van der Waals surface area contributed by atoms with Crippen molar-refractivity contribution in [1.82, 2.24) is 9.88 Å². The number of benzene rings is 3. The van der Waals surface area contributed by atoms with E-state index in [9.17, 15) is 18.8 Å². The molecular weight excluding hydrogens is 564 g/mol. The summed E-state index contributed by atoms with van der Waals surface area (Å²) < 4.78 is 38.6. The van der Waals surface area contributed by atoms with Crippen molar-refractivity contribution in [3.63, 3.8) is 0 Å². The number of hydrogen-bond acceptors (Lipinski definition) is 7. The Kier molecular flexibility index (Phi) is 9.91. The van der Waals surface area contributed by atoms with Gasteiger partial charge >= 0.3 is 0 Å². The molecule has 11 heteroatoms. The molecule has 4 aromatic rings. The van der Waals surface area contributed by atoms with Crippen molar-refractivity contribution >= 4 is 45.5 Å². The van der Waals surface area contributed by atoms with Gasteiger partial charge in [0.25, 0.3) is 0 Å². The highest BCUT2D eigenvalue weighted by atomic mass is 35.5. The number of pyridine rings is 1. The lowest BCUT2D eigenvalue weighted by molar-refractivity contribution is -0.111. The van der Waals surface area contributed by atoms with Crippen LogP contribution >= 0.6 is 11.6 Å². The lowest BCUT2D eigenvalue weighted by Gasteiger charge is -2.16. The second-order valence-electron chi connectivity index (χ2n) is 9.41. The summed E-state index contributed by atoms with van der Waals surface area (Å²) in [5.41, 5.74) is 2.38. The highest BCUT2D eigenvalue weighted by molar-refractivity contribution is 6.32. The molecule has 8 nitrogen and oxygen atoms in total. The Bertz CT molecular complexity index is 1690. The van der Waals surface area contributed by atoms with E-state index in [0.29, 0.717) is 52.6 Å². The summed E-state index contributed by atoms with van der Waals surface area (Å²) in [4.78, 5) is 18.9. The van der Waals surface area contributed by atoms with Crippen molar-refractivity contribution in [2.24, 2.45) is 0 Å². The third kappa shape index (κ3) is 7.51. The van der Waals surface area contributed by atoms with Crippen molar-refractivity contribution < 1.29 is 23.0 Å². The number of ether oxygens (including phenoxy) is 2. The van der Waals surface area contributed by atoms with Crippen LogP contribution in [0, 0.1) is 23.0 Å². The lowest BCUT2D eigenvalue weighted by Crippen LogP contribution is -2.13. The molecule has 0 aliphatic carbocycles. The van der Waals surface area contributed by atoms with Crippen molar-refractivity contribution in [3.8, 4) is 17.6 Å². The maximum Gasteiger partial charge on any atom is 0.248 e. The molecular formula is C31H28ClF2N5O3. The first kappa shape index (κ1) is 30.2.